The molecule has 0 N–H and O–H groups in total. The number of benzene rings is 1. The van der Waals surface area contributed by atoms with Gasteiger partial charge in [0.25, 0.3) is 0 Å². The van der Waals surface area contributed by atoms with Gasteiger partial charge in [-0.1, -0.05) is 12.1 Å². The molecule has 27 heavy (non-hydrogen) atoms. The smallest absolute Gasteiger partial charge is 0.226 e. The first-order chi connectivity index (χ1) is 13.0. The first-order valence-corrected chi connectivity index (χ1v) is 10.5. The number of rotatable bonds is 6. The van der Waals surface area contributed by atoms with E-state index < -0.39 is 0 Å². The number of nitrogens with zero attached hydrogens (tertiary/aromatic N) is 3. The van der Waals surface area contributed by atoms with E-state index in [1.54, 1.807) is 0 Å². The van der Waals surface area contributed by atoms with Gasteiger partial charge in [0.15, 0.2) is 0 Å². The number of hydrogen-bond donors (Lipinski definition) is 0. The Balaban J connectivity index is 1.50. The third-order valence-corrected chi connectivity index (χ3v) is 7.10. The molecule has 0 saturated heterocycles. The monoisotopic (exact) mass is 365 g/mol. The molecule has 0 atom stereocenters. The van der Waals surface area contributed by atoms with Crippen molar-refractivity contribution in [1.29, 1.82) is 5.26 Å². The van der Waals surface area contributed by atoms with Crippen LogP contribution in [0.3, 0.4) is 0 Å². The van der Waals surface area contributed by atoms with Crippen molar-refractivity contribution < 1.29 is 4.79 Å². The van der Waals surface area contributed by atoms with Crippen LogP contribution in [0.2, 0.25) is 0 Å². The molecule has 4 fully saturated rings. The van der Waals surface area contributed by atoms with Gasteiger partial charge in [-0.3, -0.25) is 4.79 Å². The van der Waals surface area contributed by atoms with E-state index in [9.17, 15) is 4.79 Å². The second-order valence-corrected chi connectivity index (χ2v) is 9.33. The van der Waals surface area contributed by atoms with E-state index in [4.69, 9.17) is 5.26 Å². The number of carbonyl (C=O) groups excluding carboxylic acids is 1. The molecule has 4 aliphatic rings. The molecule has 4 nitrogen and oxygen atoms in total. The summed E-state index contributed by atoms with van der Waals surface area (Å²) in [6, 6.07) is 9.86. The van der Waals surface area contributed by atoms with E-state index in [2.05, 4.69) is 30.0 Å². The van der Waals surface area contributed by atoms with Crippen LogP contribution in [0.25, 0.3) is 0 Å². The summed E-state index contributed by atoms with van der Waals surface area (Å²) in [4.78, 5) is 17.9. The minimum atomic E-state index is 0.248. The maximum absolute atomic E-state index is 13.6. The summed E-state index contributed by atoms with van der Waals surface area (Å²) in [6.45, 7) is 2.31. The van der Waals surface area contributed by atoms with Gasteiger partial charge in [-0.25, -0.2) is 0 Å². The molecule has 4 heteroatoms. The van der Waals surface area contributed by atoms with Crippen molar-refractivity contribution in [3.8, 4) is 6.07 Å². The highest BCUT2D eigenvalue weighted by Gasteiger charge is 2.51. The quantitative estimate of drug-likeness (QED) is 0.775. The fourth-order valence-electron chi connectivity index (χ4n) is 6.03. The molecule has 1 aromatic rings. The Morgan fingerprint density at radius 3 is 2.11 bits per heavy atom. The second kappa shape index (κ2) is 7.64. The molecular formula is C23H31N3O. The molecule has 4 aliphatic carbocycles. The molecule has 4 bridgehead atoms. The van der Waals surface area contributed by atoms with Crippen molar-refractivity contribution in [1.82, 2.24) is 9.80 Å². The number of hydrogen-bond acceptors (Lipinski definition) is 3. The van der Waals surface area contributed by atoms with Crippen LogP contribution in [0.5, 0.6) is 0 Å². The van der Waals surface area contributed by atoms with Gasteiger partial charge in [-0.05, 0) is 87.6 Å². The van der Waals surface area contributed by atoms with Gasteiger partial charge >= 0.3 is 0 Å². The average Bonchev–Trinajstić information content (AvgIpc) is 2.64. The molecule has 0 unspecified atom stereocenters. The van der Waals surface area contributed by atoms with Gasteiger partial charge in [0.2, 0.25) is 5.91 Å². The standard InChI is InChI=1S/C23H31N3O/c1-25(2)7-8-26(15-17-5-3-16(14-24)4-6-17)23(27)22-20-10-18-9-19(12-20)13-21(22)11-18/h3-6,18-22H,7-13,15H2,1-2H3. The molecule has 5 rings (SSSR count). The van der Waals surface area contributed by atoms with Crippen LogP contribution in [-0.4, -0.2) is 42.9 Å². The fraction of sp³-hybridized carbons (Fsp3) is 0.652. The van der Waals surface area contributed by atoms with Crippen LogP contribution in [0.1, 0.15) is 43.2 Å². The first kappa shape index (κ1) is 18.5. The number of carbonyl (C=O) groups is 1. The van der Waals surface area contributed by atoms with Gasteiger partial charge in [0, 0.05) is 25.6 Å². The zero-order valence-corrected chi connectivity index (χ0v) is 16.6. The highest BCUT2D eigenvalue weighted by Crippen LogP contribution is 2.56. The molecule has 4 saturated carbocycles. The minimum Gasteiger partial charge on any atom is -0.337 e. The molecule has 0 aliphatic heterocycles. The number of nitriles is 1. The Bertz CT molecular complexity index is 690. The van der Waals surface area contributed by atoms with E-state index in [0.29, 0.717) is 29.9 Å². The molecule has 0 radical (unpaired) electrons. The molecule has 0 spiro atoms. The van der Waals surface area contributed by atoms with Crippen LogP contribution in [0.4, 0.5) is 0 Å². The predicted molar refractivity (Wildman–Crippen MR) is 106 cm³/mol. The molecular weight excluding hydrogens is 334 g/mol. The second-order valence-electron chi connectivity index (χ2n) is 9.33. The summed E-state index contributed by atoms with van der Waals surface area (Å²) < 4.78 is 0. The predicted octanol–water partition coefficient (Wildman–Crippen LogP) is 3.52. The Morgan fingerprint density at radius 2 is 1.59 bits per heavy atom. The first-order valence-electron chi connectivity index (χ1n) is 10.5. The van der Waals surface area contributed by atoms with Gasteiger partial charge in [0.1, 0.15) is 0 Å². The molecule has 144 valence electrons. The third-order valence-electron chi connectivity index (χ3n) is 7.10. The largest absolute Gasteiger partial charge is 0.337 e. The molecule has 0 heterocycles. The SMILES string of the molecule is CN(C)CCN(Cc1ccc(C#N)cc1)C(=O)C1C2CC3CC(C2)CC1C3. The Labute approximate surface area is 163 Å². The van der Waals surface area contributed by atoms with E-state index in [1.165, 1.54) is 32.1 Å². The van der Waals surface area contributed by atoms with Crippen molar-refractivity contribution in [3.05, 3.63) is 35.4 Å². The summed E-state index contributed by atoms with van der Waals surface area (Å²) >= 11 is 0. The van der Waals surface area contributed by atoms with Crippen molar-refractivity contribution in [3.63, 3.8) is 0 Å². The van der Waals surface area contributed by atoms with Crippen molar-refractivity contribution in [2.24, 2.45) is 29.6 Å². The molecule has 1 amide bonds. The Kier molecular flexibility index (Phi) is 5.23. The van der Waals surface area contributed by atoms with Crippen LogP contribution < -0.4 is 0 Å². The van der Waals surface area contributed by atoms with Crippen LogP contribution in [0.15, 0.2) is 24.3 Å². The van der Waals surface area contributed by atoms with Crippen LogP contribution in [0, 0.1) is 40.9 Å². The lowest BCUT2D eigenvalue weighted by atomic mass is 9.51. The summed E-state index contributed by atoms with van der Waals surface area (Å²) in [5.74, 6) is 3.66. The summed E-state index contributed by atoms with van der Waals surface area (Å²) in [5, 5.41) is 9.01. The summed E-state index contributed by atoms with van der Waals surface area (Å²) in [7, 11) is 4.13. The zero-order valence-electron chi connectivity index (χ0n) is 16.6. The van der Waals surface area contributed by atoms with Crippen LogP contribution >= 0.6 is 0 Å². The molecule has 0 aromatic heterocycles. The summed E-state index contributed by atoms with van der Waals surface area (Å²) in [6.07, 6.45) is 6.54. The van der Waals surface area contributed by atoms with Crippen molar-refractivity contribution >= 4 is 5.91 Å². The third kappa shape index (κ3) is 3.89. The number of likely N-dealkylation sites (N-methyl/N-ethyl adjacent to an activating group) is 1. The lowest BCUT2D eigenvalue weighted by Crippen LogP contribution is -2.52. The number of amides is 1. The Morgan fingerprint density at radius 1 is 1.00 bits per heavy atom. The van der Waals surface area contributed by atoms with E-state index in [0.717, 1.165) is 30.5 Å². The van der Waals surface area contributed by atoms with Gasteiger partial charge in [-0.2, -0.15) is 5.26 Å². The van der Waals surface area contributed by atoms with Crippen molar-refractivity contribution in [2.75, 3.05) is 27.2 Å². The van der Waals surface area contributed by atoms with Gasteiger partial charge < -0.3 is 9.80 Å². The lowest BCUT2D eigenvalue weighted by molar-refractivity contribution is -0.149. The highest BCUT2D eigenvalue weighted by molar-refractivity contribution is 5.80. The van der Waals surface area contributed by atoms with Crippen molar-refractivity contribution in [2.45, 2.75) is 38.6 Å². The van der Waals surface area contributed by atoms with Gasteiger partial charge in [-0.15, -0.1) is 0 Å². The summed E-state index contributed by atoms with van der Waals surface area (Å²) in [5.41, 5.74) is 1.79. The van der Waals surface area contributed by atoms with E-state index in [-0.39, 0.29) is 5.92 Å². The molecule has 1 aromatic carbocycles. The average molecular weight is 366 g/mol. The van der Waals surface area contributed by atoms with Crippen LogP contribution in [-0.2, 0) is 11.3 Å². The highest BCUT2D eigenvalue weighted by atomic mass is 16.2. The maximum atomic E-state index is 13.6. The van der Waals surface area contributed by atoms with E-state index >= 15 is 0 Å². The minimum absolute atomic E-state index is 0.248. The topological polar surface area (TPSA) is 47.3 Å². The normalized spacial score (nSPS) is 31.1. The van der Waals surface area contributed by atoms with E-state index in [1.807, 2.05) is 24.3 Å². The Hall–Kier alpha value is -1.86. The maximum Gasteiger partial charge on any atom is 0.226 e. The van der Waals surface area contributed by atoms with Gasteiger partial charge in [0.05, 0.1) is 11.6 Å². The lowest BCUT2D eigenvalue weighted by Gasteiger charge is -2.54. The zero-order chi connectivity index (χ0) is 19.0. The fourth-order valence-corrected chi connectivity index (χ4v) is 6.03.